The molecule has 0 fully saturated rings. The molecule has 86 valence electrons. The Balaban J connectivity index is 2.43. The maximum Gasteiger partial charge on any atom is 0.287 e. The van der Waals surface area contributed by atoms with Gasteiger partial charge in [0.2, 0.25) is 0 Å². The van der Waals surface area contributed by atoms with Gasteiger partial charge in [0.25, 0.3) is 5.69 Å². The van der Waals surface area contributed by atoms with Crippen molar-refractivity contribution in [3.63, 3.8) is 0 Å². The zero-order valence-electron chi connectivity index (χ0n) is 8.30. The molecular formula is C10H5Br2N3O2. The van der Waals surface area contributed by atoms with E-state index in [0.717, 1.165) is 5.56 Å². The summed E-state index contributed by atoms with van der Waals surface area (Å²) in [6.45, 7) is 0. The van der Waals surface area contributed by atoms with E-state index in [-0.39, 0.29) is 5.69 Å². The Morgan fingerprint density at radius 1 is 1.18 bits per heavy atom. The first-order valence-electron chi connectivity index (χ1n) is 4.50. The van der Waals surface area contributed by atoms with Gasteiger partial charge in [-0.2, -0.15) is 0 Å². The lowest BCUT2D eigenvalue weighted by molar-refractivity contribution is -0.385. The van der Waals surface area contributed by atoms with Gasteiger partial charge in [0.05, 0.1) is 10.6 Å². The molecule has 17 heavy (non-hydrogen) atoms. The molecule has 0 saturated carbocycles. The summed E-state index contributed by atoms with van der Waals surface area (Å²) in [5.74, 6) is 0. The van der Waals surface area contributed by atoms with Crippen molar-refractivity contribution in [2.45, 2.75) is 0 Å². The van der Waals surface area contributed by atoms with Crippen LogP contribution in [-0.4, -0.2) is 14.9 Å². The van der Waals surface area contributed by atoms with Crippen molar-refractivity contribution in [1.29, 1.82) is 0 Å². The van der Waals surface area contributed by atoms with E-state index in [0.29, 0.717) is 14.9 Å². The summed E-state index contributed by atoms with van der Waals surface area (Å²) in [6.07, 6.45) is 1.23. The van der Waals surface area contributed by atoms with Crippen molar-refractivity contribution >= 4 is 37.5 Å². The normalized spacial score (nSPS) is 10.2. The van der Waals surface area contributed by atoms with Crippen molar-refractivity contribution in [3.8, 4) is 11.3 Å². The van der Waals surface area contributed by atoms with Gasteiger partial charge in [-0.15, -0.1) is 0 Å². The first kappa shape index (κ1) is 12.1. The van der Waals surface area contributed by atoms with Gasteiger partial charge < -0.3 is 0 Å². The van der Waals surface area contributed by atoms with Gasteiger partial charge in [-0.3, -0.25) is 10.1 Å². The maximum absolute atomic E-state index is 10.5. The van der Waals surface area contributed by atoms with E-state index >= 15 is 0 Å². The highest BCUT2D eigenvalue weighted by molar-refractivity contribution is 9.11. The van der Waals surface area contributed by atoms with Crippen LogP contribution in [0.4, 0.5) is 5.69 Å². The van der Waals surface area contributed by atoms with Crippen molar-refractivity contribution in [3.05, 3.63) is 49.8 Å². The van der Waals surface area contributed by atoms with Gasteiger partial charge in [-0.1, -0.05) is 0 Å². The second-order valence-electron chi connectivity index (χ2n) is 3.16. The fraction of sp³-hybridized carbons (Fsp3) is 0. The highest BCUT2D eigenvalue weighted by atomic mass is 79.9. The number of nitrogens with zero attached hydrogens (tertiary/aromatic N) is 3. The standard InChI is InChI=1S/C10H5Br2N3O2/c11-9-3-6(4-10(12)14-9)8-2-1-7(5-13-8)15(16)17/h1-5H. The summed E-state index contributed by atoms with van der Waals surface area (Å²) in [5.41, 5.74) is 1.45. The van der Waals surface area contributed by atoms with Crippen molar-refractivity contribution < 1.29 is 4.92 Å². The number of aromatic nitrogens is 2. The van der Waals surface area contributed by atoms with Gasteiger partial charge in [0, 0.05) is 11.6 Å². The molecule has 0 unspecified atom stereocenters. The number of pyridine rings is 2. The molecule has 2 aromatic rings. The van der Waals surface area contributed by atoms with E-state index in [1.807, 2.05) is 0 Å². The summed E-state index contributed by atoms with van der Waals surface area (Å²) >= 11 is 6.54. The Morgan fingerprint density at radius 2 is 1.82 bits per heavy atom. The molecule has 5 nitrogen and oxygen atoms in total. The number of nitro groups is 1. The monoisotopic (exact) mass is 357 g/mol. The Hall–Kier alpha value is -1.34. The molecule has 0 aliphatic carbocycles. The molecular weight excluding hydrogens is 354 g/mol. The molecule has 0 bridgehead atoms. The zero-order chi connectivity index (χ0) is 12.4. The smallest absolute Gasteiger partial charge is 0.258 e. The van der Waals surface area contributed by atoms with Crippen molar-refractivity contribution in [2.24, 2.45) is 0 Å². The minimum atomic E-state index is -0.477. The molecule has 0 atom stereocenters. The number of hydrogen-bond donors (Lipinski definition) is 0. The predicted octanol–water partition coefficient (Wildman–Crippen LogP) is 3.58. The molecule has 0 amide bonds. The summed E-state index contributed by atoms with van der Waals surface area (Å²) in [4.78, 5) is 18.2. The quantitative estimate of drug-likeness (QED) is 0.467. The van der Waals surface area contributed by atoms with E-state index in [1.165, 1.54) is 12.3 Å². The van der Waals surface area contributed by atoms with Gasteiger partial charge >= 0.3 is 0 Å². The van der Waals surface area contributed by atoms with E-state index < -0.39 is 4.92 Å². The largest absolute Gasteiger partial charge is 0.287 e. The van der Waals surface area contributed by atoms with Crippen LogP contribution in [0.1, 0.15) is 0 Å². The third kappa shape index (κ3) is 2.86. The van der Waals surface area contributed by atoms with Crippen LogP contribution in [0, 0.1) is 10.1 Å². The number of hydrogen-bond acceptors (Lipinski definition) is 4. The van der Waals surface area contributed by atoms with E-state index in [4.69, 9.17) is 0 Å². The lowest BCUT2D eigenvalue weighted by Crippen LogP contribution is -1.90. The Labute approximate surface area is 113 Å². The Morgan fingerprint density at radius 3 is 2.29 bits per heavy atom. The lowest BCUT2D eigenvalue weighted by atomic mass is 10.2. The van der Waals surface area contributed by atoms with Crippen LogP contribution in [0.2, 0.25) is 0 Å². The topological polar surface area (TPSA) is 68.9 Å². The SMILES string of the molecule is O=[N+]([O-])c1ccc(-c2cc(Br)nc(Br)c2)nc1. The second-order valence-corrected chi connectivity index (χ2v) is 4.78. The highest BCUT2D eigenvalue weighted by Gasteiger charge is 2.07. The molecule has 2 heterocycles. The number of halogens is 2. The van der Waals surface area contributed by atoms with Crippen LogP contribution in [0.25, 0.3) is 11.3 Å². The molecule has 0 aliphatic heterocycles. The van der Waals surface area contributed by atoms with Crippen LogP contribution >= 0.6 is 31.9 Å². The predicted molar refractivity (Wildman–Crippen MR) is 69.5 cm³/mol. The maximum atomic E-state index is 10.5. The molecule has 0 aliphatic rings. The summed E-state index contributed by atoms with van der Waals surface area (Å²) < 4.78 is 1.34. The van der Waals surface area contributed by atoms with Crippen molar-refractivity contribution in [1.82, 2.24) is 9.97 Å². The molecule has 0 spiro atoms. The minimum Gasteiger partial charge on any atom is -0.258 e. The average Bonchev–Trinajstić information content (AvgIpc) is 2.28. The first-order valence-corrected chi connectivity index (χ1v) is 6.09. The van der Waals surface area contributed by atoms with Gasteiger partial charge in [0.1, 0.15) is 15.4 Å². The molecule has 0 saturated heterocycles. The van der Waals surface area contributed by atoms with Gasteiger partial charge in [-0.25, -0.2) is 9.97 Å². The molecule has 2 rings (SSSR count). The molecule has 2 aromatic heterocycles. The molecule has 0 radical (unpaired) electrons. The van der Waals surface area contributed by atoms with Crippen LogP contribution in [0.5, 0.6) is 0 Å². The summed E-state index contributed by atoms with van der Waals surface area (Å²) in [7, 11) is 0. The third-order valence-corrected chi connectivity index (χ3v) is 2.83. The average molecular weight is 359 g/mol. The zero-order valence-corrected chi connectivity index (χ0v) is 11.5. The highest BCUT2D eigenvalue weighted by Crippen LogP contribution is 2.24. The second kappa shape index (κ2) is 4.89. The molecule has 7 heteroatoms. The number of rotatable bonds is 2. The third-order valence-electron chi connectivity index (χ3n) is 2.02. The fourth-order valence-corrected chi connectivity index (χ4v) is 2.39. The Kier molecular flexibility index (Phi) is 3.49. The Bertz CT molecular complexity index is 552. The first-order chi connectivity index (χ1) is 8.06. The summed E-state index contributed by atoms with van der Waals surface area (Å²) in [6, 6.07) is 6.61. The summed E-state index contributed by atoms with van der Waals surface area (Å²) in [5, 5.41) is 10.5. The van der Waals surface area contributed by atoms with Gasteiger partial charge in [0.15, 0.2) is 0 Å². The van der Waals surface area contributed by atoms with Crippen LogP contribution in [0.15, 0.2) is 39.7 Å². The lowest BCUT2D eigenvalue weighted by Gasteiger charge is -2.01. The van der Waals surface area contributed by atoms with Crippen LogP contribution in [0.3, 0.4) is 0 Å². The molecule has 0 aromatic carbocycles. The van der Waals surface area contributed by atoms with E-state index in [1.54, 1.807) is 18.2 Å². The van der Waals surface area contributed by atoms with Crippen LogP contribution < -0.4 is 0 Å². The van der Waals surface area contributed by atoms with Gasteiger partial charge in [-0.05, 0) is 50.1 Å². The minimum absolute atomic E-state index is 0.0269. The molecule has 0 N–H and O–H groups in total. The van der Waals surface area contributed by atoms with Crippen LogP contribution in [-0.2, 0) is 0 Å². The van der Waals surface area contributed by atoms with Crippen molar-refractivity contribution in [2.75, 3.05) is 0 Å². The van der Waals surface area contributed by atoms with E-state index in [2.05, 4.69) is 41.8 Å². The van der Waals surface area contributed by atoms with E-state index in [9.17, 15) is 10.1 Å². The fourth-order valence-electron chi connectivity index (χ4n) is 1.28.